The lowest BCUT2D eigenvalue weighted by Gasteiger charge is -2.08. The van der Waals surface area contributed by atoms with Crippen LogP contribution in [0.2, 0.25) is 0 Å². The lowest BCUT2D eigenvalue weighted by molar-refractivity contribution is -0.384. The van der Waals surface area contributed by atoms with Crippen molar-refractivity contribution in [1.29, 1.82) is 0 Å². The van der Waals surface area contributed by atoms with Gasteiger partial charge in [-0.3, -0.25) is 14.9 Å². The van der Waals surface area contributed by atoms with E-state index in [1.54, 1.807) is 24.3 Å². The number of nitrogens with one attached hydrogen (secondary N) is 1. The first-order valence-corrected chi connectivity index (χ1v) is 6.28. The van der Waals surface area contributed by atoms with Crippen molar-refractivity contribution >= 4 is 23.3 Å². The molecular weight excluding hydrogens is 288 g/mol. The first-order valence-electron chi connectivity index (χ1n) is 6.28. The molecule has 112 valence electrons. The standard InChI is InChI=1S/C15H12N2O5/c1-9-2-4-10(5-3-9)14(18)16-13-7-6-11(17(21)22)8-12(13)15(19)20/h2-8H,1H3,(H,16,18)(H,19,20). The van der Waals surface area contributed by atoms with Crippen LogP contribution < -0.4 is 5.32 Å². The van der Waals surface area contributed by atoms with Gasteiger partial charge in [0.05, 0.1) is 16.2 Å². The van der Waals surface area contributed by atoms with Gasteiger partial charge < -0.3 is 10.4 Å². The number of amides is 1. The maximum atomic E-state index is 12.1. The molecule has 0 aromatic heterocycles. The minimum Gasteiger partial charge on any atom is -0.478 e. The van der Waals surface area contributed by atoms with E-state index in [1.165, 1.54) is 6.07 Å². The van der Waals surface area contributed by atoms with E-state index >= 15 is 0 Å². The minimum absolute atomic E-state index is 0.00340. The van der Waals surface area contributed by atoms with Crippen LogP contribution in [0, 0.1) is 17.0 Å². The predicted octanol–water partition coefficient (Wildman–Crippen LogP) is 2.85. The Hall–Kier alpha value is -3.22. The first kappa shape index (κ1) is 15.2. The summed E-state index contributed by atoms with van der Waals surface area (Å²) in [5, 5.41) is 22.3. The maximum absolute atomic E-state index is 12.1. The first-order chi connectivity index (χ1) is 10.4. The van der Waals surface area contributed by atoms with Crippen LogP contribution in [0.4, 0.5) is 11.4 Å². The number of non-ortho nitro benzene ring substituents is 1. The largest absolute Gasteiger partial charge is 0.478 e. The van der Waals surface area contributed by atoms with Crippen molar-refractivity contribution in [3.05, 3.63) is 69.3 Å². The normalized spacial score (nSPS) is 10.0. The Morgan fingerprint density at radius 3 is 2.32 bits per heavy atom. The van der Waals surface area contributed by atoms with Crippen LogP contribution in [0.3, 0.4) is 0 Å². The fourth-order valence-corrected chi connectivity index (χ4v) is 1.83. The second-order valence-electron chi connectivity index (χ2n) is 4.61. The Labute approximate surface area is 125 Å². The van der Waals surface area contributed by atoms with Crippen LogP contribution in [0.25, 0.3) is 0 Å². The Morgan fingerprint density at radius 1 is 1.14 bits per heavy atom. The highest BCUT2D eigenvalue weighted by molar-refractivity contribution is 6.07. The summed E-state index contributed by atoms with van der Waals surface area (Å²) in [5.41, 5.74) is 0.655. The average molecular weight is 300 g/mol. The van der Waals surface area contributed by atoms with Gasteiger partial charge in [0.15, 0.2) is 0 Å². The number of carboxylic acid groups (broad SMARTS) is 1. The van der Waals surface area contributed by atoms with Crippen molar-refractivity contribution in [2.24, 2.45) is 0 Å². The van der Waals surface area contributed by atoms with Crippen LogP contribution in [0.15, 0.2) is 42.5 Å². The number of nitro groups is 1. The van der Waals surface area contributed by atoms with Crippen molar-refractivity contribution in [3.63, 3.8) is 0 Å². The van der Waals surface area contributed by atoms with E-state index in [4.69, 9.17) is 5.11 Å². The minimum atomic E-state index is -1.36. The van der Waals surface area contributed by atoms with E-state index in [2.05, 4.69) is 5.32 Å². The predicted molar refractivity (Wildman–Crippen MR) is 79.2 cm³/mol. The number of aromatic carboxylic acids is 1. The van der Waals surface area contributed by atoms with E-state index in [9.17, 15) is 19.7 Å². The zero-order chi connectivity index (χ0) is 16.3. The molecule has 0 aliphatic carbocycles. The molecular formula is C15H12N2O5. The number of carbonyl (C=O) groups is 2. The Morgan fingerprint density at radius 2 is 1.77 bits per heavy atom. The molecule has 22 heavy (non-hydrogen) atoms. The van der Waals surface area contributed by atoms with Crippen molar-refractivity contribution < 1.29 is 19.6 Å². The molecule has 0 unspecified atom stereocenters. The van der Waals surface area contributed by atoms with Gasteiger partial charge in [-0.1, -0.05) is 17.7 Å². The van der Waals surface area contributed by atoms with Crippen LogP contribution in [0.5, 0.6) is 0 Å². The quantitative estimate of drug-likeness (QED) is 0.666. The lowest BCUT2D eigenvalue weighted by Crippen LogP contribution is -2.15. The Kier molecular flexibility index (Phi) is 4.17. The molecule has 1 amide bonds. The molecule has 0 radical (unpaired) electrons. The number of nitro benzene ring substituents is 1. The molecule has 0 saturated carbocycles. The molecule has 2 rings (SSSR count). The fraction of sp³-hybridized carbons (Fsp3) is 0.0667. The Bertz CT molecular complexity index is 753. The molecule has 7 heteroatoms. The summed E-state index contributed by atoms with van der Waals surface area (Å²) in [5.74, 6) is -1.85. The lowest BCUT2D eigenvalue weighted by atomic mass is 10.1. The molecule has 0 bridgehead atoms. The van der Waals surface area contributed by atoms with Crippen LogP contribution >= 0.6 is 0 Å². The summed E-state index contributed by atoms with van der Waals surface area (Å²) < 4.78 is 0. The number of hydrogen-bond donors (Lipinski definition) is 2. The third-order valence-corrected chi connectivity index (χ3v) is 3.01. The van der Waals surface area contributed by atoms with Crippen molar-refractivity contribution in [3.8, 4) is 0 Å². The van der Waals surface area contributed by atoms with Crippen LogP contribution in [-0.2, 0) is 0 Å². The number of rotatable bonds is 4. The Balaban J connectivity index is 2.32. The number of aryl methyl sites for hydroxylation is 1. The molecule has 2 aromatic rings. The third-order valence-electron chi connectivity index (χ3n) is 3.01. The van der Waals surface area contributed by atoms with E-state index in [1.807, 2.05) is 6.92 Å². The van der Waals surface area contributed by atoms with Crippen molar-refractivity contribution in [2.75, 3.05) is 5.32 Å². The second-order valence-corrected chi connectivity index (χ2v) is 4.61. The molecule has 0 saturated heterocycles. The summed E-state index contributed by atoms with van der Waals surface area (Å²) in [6.45, 7) is 1.88. The number of nitrogens with zero attached hydrogens (tertiary/aromatic N) is 1. The van der Waals surface area contributed by atoms with E-state index in [0.29, 0.717) is 5.56 Å². The molecule has 2 N–H and O–H groups in total. The van der Waals surface area contributed by atoms with Crippen molar-refractivity contribution in [1.82, 2.24) is 0 Å². The van der Waals surface area contributed by atoms with Gasteiger partial charge in [-0.15, -0.1) is 0 Å². The molecule has 7 nitrogen and oxygen atoms in total. The summed E-state index contributed by atoms with van der Waals surface area (Å²) in [4.78, 5) is 33.3. The zero-order valence-electron chi connectivity index (χ0n) is 11.6. The van der Waals surface area contributed by atoms with Crippen LogP contribution in [-0.4, -0.2) is 21.9 Å². The molecule has 0 spiro atoms. The summed E-state index contributed by atoms with van der Waals surface area (Å²) >= 11 is 0. The molecule has 0 aliphatic rings. The molecule has 2 aromatic carbocycles. The number of carbonyl (C=O) groups excluding carboxylic acids is 1. The number of benzene rings is 2. The SMILES string of the molecule is Cc1ccc(C(=O)Nc2ccc([N+](=O)[O-])cc2C(=O)O)cc1. The number of carboxylic acids is 1. The van der Waals surface area contributed by atoms with Crippen LogP contribution in [0.1, 0.15) is 26.3 Å². The van der Waals surface area contributed by atoms with Gasteiger partial charge in [-0.05, 0) is 25.1 Å². The molecule has 0 atom stereocenters. The molecule has 0 aliphatic heterocycles. The van der Waals surface area contributed by atoms with Gasteiger partial charge in [-0.2, -0.15) is 0 Å². The second kappa shape index (κ2) is 6.04. The van der Waals surface area contributed by atoms with Crippen molar-refractivity contribution in [2.45, 2.75) is 6.92 Å². The average Bonchev–Trinajstić information content (AvgIpc) is 2.47. The van der Waals surface area contributed by atoms with Gasteiger partial charge in [0, 0.05) is 17.7 Å². The monoisotopic (exact) mass is 300 g/mol. The number of hydrogen-bond acceptors (Lipinski definition) is 4. The summed E-state index contributed by atoms with van der Waals surface area (Å²) in [6.07, 6.45) is 0. The molecule has 0 heterocycles. The highest BCUT2D eigenvalue weighted by atomic mass is 16.6. The highest BCUT2D eigenvalue weighted by Gasteiger charge is 2.18. The zero-order valence-corrected chi connectivity index (χ0v) is 11.6. The van der Waals surface area contributed by atoms with Gasteiger partial charge in [0.2, 0.25) is 0 Å². The van der Waals surface area contributed by atoms with Gasteiger partial charge in [-0.25, -0.2) is 4.79 Å². The number of anilines is 1. The molecule has 0 fully saturated rings. The van der Waals surface area contributed by atoms with Gasteiger partial charge in [0.25, 0.3) is 11.6 Å². The summed E-state index contributed by atoms with van der Waals surface area (Å²) in [7, 11) is 0. The fourth-order valence-electron chi connectivity index (χ4n) is 1.83. The van der Waals surface area contributed by atoms with Gasteiger partial charge in [0.1, 0.15) is 0 Å². The highest BCUT2D eigenvalue weighted by Crippen LogP contribution is 2.23. The van der Waals surface area contributed by atoms with E-state index < -0.39 is 16.8 Å². The summed E-state index contributed by atoms with van der Waals surface area (Å²) in [6, 6.07) is 9.97. The van der Waals surface area contributed by atoms with E-state index in [-0.39, 0.29) is 16.9 Å². The van der Waals surface area contributed by atoms with E-state index in [0.717, 1.165) is 17.7 Å². The topological polar surface area (TPSA) is 110 Å². The maximum Gasteiger partial charge on any atom is 0.338 e. The smallest absolute Gasteiger partial charge is 0.338 e. The van der Waals surface area contributed by atoms with Gasteiger partial charge >= 0.3 is 5.97 Å². The third kappa shape index (κ3) is 3.26.